The number of phenols is 1. The molecule has 0 aliphatic rings. The predicted octanol–water partition coefficient (Wildman–Crippen LogP) is 4.94. The number of nitrogens with zero attached hydrogens (tertiary/aromatic N) is 1. The van der Waals surface area contributed by atoms with Gasteiger partial charge in [0.15, 0.2) is 10.8 Å². The third kappa shape index (κ3) is 2.55. The van der Waals surface area contributed by atoms with Crippen molar-refractivity contribution in [1.29, 1.82) is 0 Å². The van der Waals surface area contributed by atoms with Crippen LogP contribution >= 0.6 is 11.3 Å². The lowest BCUT2D eigenvalue weighted by Crippen LogP contribution is -1.82. The highest BCUT2D eigenvalue weighted by Crippen LogP contribution is 2.34. The molecule has 0 fully saturated rings. The van der Waals surface area contributed by atoms with Crippen molar-refractivity contribution in [3.63, 3.8) is 0 Å². The summed E-state index contributed by atoms with van der Waals surface area (Å²) in [5.74, 6) is 1.75. The molecule has 0 aliphatic heterocycles. The summed E-state index contributed by atoms with van der Waals surface area (Å²) in [5.41, 5.74) is 2.66. The van der Waals surface area contributed by atoms with Gasteiger partial charge in [0.05, 0.1) is 12.8 Å². The van der Waals surface area contributed by atoms with E-state index in [9.17, 15) is 5.11 Å². The van der Waals surface area contributed by atoms with Crippen LogP contribution in [0.1, 0.15) is 0 Å². The van der Waals surface area contributed by atoms with Gasteiger partial charge in [-0.15, -0.1) is 11.3 Å². The number of phenolic OH excluding ortho intramolecular Hbond substituents is 1. The number of aromatic hydroxyl groups is 1. The van der Waals surface area contributed by atoms with E-state index in [1.165, 1.54) is 11.3 Å². The van der Waals surface area contributed by atoms with E-state index in [0.29, 0.717) is 5.76 Å². The first kappa shape index (κ1) is 13.8. The summed E-state index contributed by atoms with van der Waals surface area (Å²) in [6.07, 6.45) is 0. The Morgan fingerprint density at radius 3 is 2.70 bits per heavy atom. The monoisotopic (exact) mass is 323 g/mol. The van der Waals surface area contributed by atoms with Gasteiger partial charge in [0.25, 0.3) is 0 Å². The summed E-state index contributed by atoms with van der Waals surface area (Å²) in [6, 6.07) is 14.7. The van der Waals surface area contributed by atoms with Gasteiger partial charge in [-0.2, -0.15) is 0 Å². The van der Waals surface area contributed by atoms with Crippen LogP contribution in [0.2, 0.25) is 0 Å². The molecule has 114 valence electrons. The van der Waals surface area contributed by atoms with Crippen LogP contribution < -0.4 is 4.74 Å². The van der Waals surface area contributed by atoms with Crippen LogP contribution in [0.5, 0.6) is 11.5 Å². The normalized spacial score (nSPS) is 11.0. The van der Waals surface area contributed by atoms with Gasteiger partial charge in [-0.3, -0.25) is 0 Å². The van der Waals surface area contributed by atoms with Gasteiger partial charge in [-0.05, 0) is 48.5 Å². The summed E-state index contributed by atoms with van der Waals surface area (Å²) in [7, 11) is 1.65. The third-order valence-electron chi connectivity index (χ3n) is 3.60. The van der Waals surface area contributed by atoms with Crippen molar-refractivity contribution in [2.45, 2.75) is 0 Å². The number of ether oxygens (including phenoxy) is 1. The van der Waals surface area contributed by atoms with Gasteiger partial charge in [-0.1, -0.05) is 0 Å². The Bertz CT molecular complexity index is 970. The van der Waals surface area contributed by atoms with E-state index in [0.717, 1.165) is 33.0 Å². The molecule has 0 spiro atoms. The van der Waals surface area contributed by atoms with Crippen LogP contribution in [-0.2, 0) is 0 Å². The van der Waals surface area contributed by atoms with Gasteiger partial charge in [0.1, 0.15) is 17.1 Å². The highest BCUT2D eigenvalue weighted by atomic mass is 32.1. The molecule has 0 atom stereocenters. The number of hydrogen-bond acceptors (Lipinski definition) is 5. The fourth-order valence-electron chi connectivity index (χ4n) is 2.42. The van der Waals surface area contributed by atoms with Crippen LogP contribution in [0.15, 0.2) is 58.3 Å². The van der Waals surface area contributed by atoms with Gasteiger partial charge in [0.2, 0.25) is 0 Å². The van der Waals surface area contributed by atoms with Crippen molar-refractivity contribution < 1.29 is 14.3 Å². The number of fused-ring (bicyclic) bond motifs is 1. The number of thiazole rings is 1. The van der Waals surface area contributed by atoms with Crippen molar-refractivity contribution in [2.75, 3.05) is 7.11 Å². The molecule has 0 unspecified atom stereocenters. The number of hydrogen-bond donors (Lipinski definition) is 1. The lowest BCUT2D eigenvalue weighted by molar-refractivity contribution is 0.415. The van der Waals surface area contributed by atoms with Gasteiger partial charge in [0, 0.05) is 16.3 Å². The van der Waals surface area contributed by atoms with E-state index in [-0.39, 0.29) is 5.75 Å². The Kier molecular flexibility index (Phi) is 3.28. The van der Waals surface area contributed by atoms with Crippen molar-refractivity contribution in [2.24, 2.45) is 0 Å². The molecule has 5 heteroatoms. The van der Waals surface area contributed by atoms with E-state index < -0.39 is 0 Å². The second-order valence-electron chi connectivity index (χ2n) is 5.10. The summed E-state index contributed by atoms with van der Waals surface area (Å²) < 4.78 is 11.0. The Balaban J connectivity index is 1.70. The molecule has 4 nitrogen and oxygen atoms in total. The molecule has 0 radical (unpaired) electrons. The summed E-state index contributed by atoms with van der Waals surface area (Å²) in [6.45, 7) is 0. The SMILES string of the molecule is COc1ccc(-c2csc(-c3cc4cc(O)ccc4o3)n2)cc1. The Morgan fingerprint density at radius 2 is 1.91 bits per heavy atom. The zero-order valence-electron chi connectivity index (χ0n) is 12.3. The molecule has 2 aromatic carbocycles. The van der Waals surface area contributed by atoms with E-state index in [4.69, 9.17) is 9.15 Å². The minimum absolute atomic E-state index is 0.225. The zero-order chi connectivity index (χ0) is 15.8. The Labute approximate surface area is 136 Å². The molecule has 4 rings (SSSR count). The first-order chi connectivity index (χ1) is 11.2. The molecule has 0 saturated carbocycles. The van der Waals surface area contributed by atoms with Crippen LogP contribution in [0.25, 0.3) is 33.0 Å². The maximum atomic E-state index is 9.54. The molecule has 4 aromatic rings. The van der Waals surface area contributed by atoms with E-state index in [1.54, 1.807) is 25.3 Å². The molecular weight excluding hydrogens is 310 g/mol. The fraction of sp³-hybridized carbons (Fsp3) is 0.0556. The maximum Gasteiger partial charge on any atom is 0.164 e. The topological polar surface area (TPSA) is 55.5 Å². The Hall–Kier alpha value is -2.79. The van der Waals surface area contributed by atoms with Gasteiger partial charge in [-0.25, -0.2) is 4.98 Å². The summed E-state index contributed by atoms with van der Waals surface area (Å²) in [5, 5.41) is 13.2. The number of benzene rings is 2. The van der Waals surface area contributed by atoms with Gasteiger partial charge < -0.3 is 14.3 Å². The second-order valence-corrected chi connectivity index (χ2v) is 5.96. The van der Waals surface area contributed by atoms with Crippen LogP contribution in [0, 0.1) is 0 Å². The smallest absolute Gasteiger partial charge is 0.164 e. The lowest BCUT2D eigenvalue weighted by Gasteiger charge is -2.00. The molecule has 23 heavy (non-hydrogen) atoms. The molecule has 1 N–H and O–H groups in total. The number of rotatable bonds is 3. The van der Waals surface area contributed by atoms with Crippen molar-refractivity contribution in [1.82, 2.24) is 4.98 Å². The summed E-state index contributed by atoms with van der Waals surface area (Å²) >= 11 is 1.53. The lowest BCUT2D eigenvalue weighted by atomic mass is 10.2. The quantitative estimate of drug-likeness (QED) is 0.580. The van der Waals surface area contributed by atoms with Gasteiger partial charge >= 0.3 is 0 Å². The van der Waals surface area contributed by atoms with Crippen LogP contribution in [0.3, 0.4) is 0 Å². The number of furan rings is 1. The van der Waals surface area contributed by atoms with Crippen LogP contribution in [-0.4, -0.2) is 17.2 Å². The summed E-state index contributed by atoms with van der Waals surface area (Å²) in [4.78, 5) is 4.65. The fourth-order valence-corrected chi connectivity index (χ4v) is 3.20. The molecule has 2 aromatic heterocycles. The predicted molar refractivity (Wildman–Crippen MR) is 91.0 cm³/mol. The highest BCUT2D eigenvalue weighted by Gasteiger charge is 2.12. The molecule has 0 saturated heterocycles. The highest BCUT2D eigenvalue weighted by molar-refractivity contribution is 7.13. The molecule has 0 amide bonds. The van der Waals surface area contributed by atoms with E-state index >= 15 is 0 Å². The van der Waals surface area contributed by atoms with E-state index in [1.807, 2.05) is 35.7 Å². The maximum absolute atomic E-state index is 9.54. The van der Waals surface area contributed by atoms with Crippen LogP contribution in [0.4, 0.5) is 0 Å². The number of aromatic nitrogens is 1. The average molecular weight is 323 g/mol. The minimum Gasteiger partial charge on any atom is -0.508 e. The average Bonchev–Trinajstić information content (AvgIpc) is 3.21. The third-order valence-corrected chi connectivity index (χ3v) is 4.46. The van der Waals surface area contributed by atoms with Crippen molar-refractivity contribution >= 4 is 22.3 Å². The number of methoxy groups -OCH3 is 1. The molecule has 0 aliphatic carbocycles. The molecule has 2 heterocycles. The second kappa shape index (κ2) is 5.44. The Morgan fingerprint density at radius 1 is 1.09 bits per heavy atom. The van der Waals surface area contributed by atoms with E-state index in [2.05, 4.69) is 4.98 Å². The minimum atomic E-state index is 0.225. The molecular formula is C18H13NO3S. The molecule has 0 bridgehead atoms. The first-order valence-corrected chi connectivity index (χ1v) is 7.94. The first-order valence-electron chi connectivity index (χ1n) is 7.06. The largest absolute Gasteiger partial charge is 0.508 e. The standard InChI is InChI=1S/C18H13NO3S/c1-21-14-5-2-11(3-6-14)15-10-23-18(19-15)17-9-12-8-13(20)4-7-16(12)22-17/h2-10,20H,1H3. The van der Waals surface area contributed by atoms with Crippen molar-refractivity contribution in [3.8, 4) is 33.5 Å². The zero-order valence-corrected chi connectivity index (χ0v) is 13.1. The van der Waals surface area contributed by atoms with Crippen molar-refractivity contribution in [3.05, 3.63) is 53.9 Å².